The van der Waals surface area contributed by atoms with Crippen LogP contribution in [0, 0.1) is 15.9 Å². The normalized spacial score (nSPS) is 10.1. The Morgan fingerprint density at radius 1 is 1.62 bits per heavy atom. The molecule has 0 atom stereocenters. The molecule has 1 rings (SSSR count). The van der Waals surface area contributed by atoms with Gasteiger partial charge in [0.15, 0.2) is 0 Å². The zero-order valence-electron chi connectivity index (χ0n) is 6.26. The highest BCUT2D eigenvalue weighted by Crippen LogP contribution is 2.30. The molecule has 1 aromatic carbocycles. The van der Waals surface area contributed by atoms with E-state index in [0.717, 1.165) is 12.1 Å². The number of halogens is 3. The minimum Gasteiger partial charge on any atom is -0.258 e. The van der Waals surface area contributed by atoms with Crippen LogP contribution >= 0.6 is 27.5 Å². The first-order chi connectivity index (χ1) is 6.06. The highest BCUT2D eigenvalue weighted by Gasteiger charge is 2.18. The molecule has 3 nitrogen and oxygen atoms in total. The standard InChI is InChI=1S/C7H4BrClFNO2/c8-6-2-5(10)1-4(3-9)7(6)11(12)13/h1-2H,3H2. The zero-order valence-corrected chi connectivity index (χ0v) is 8.60. The van der Waals surface area contributed by atoms with Gasteiger partial charge in [-0.1, -0.05) is 0 Å². The van der Waals surface area contributed by atoms with Crippen molar-refractivity contribution in [1.29, 1.82) is 0 Å². The number of alkyl halides is 1. The van der Waals surface area contributed by atoms with E-state index < -0.39 is 10.7 Å². The summed E-state index contributed by atoms with van der Waals surface area (Å²) in [5, 5.41) is 10.5. The average Bonchev–Trinajstić information content (AvgIpc) is 2.01. The molecule has 6 heteroatoms. The Hall–Kier alpha value is -0.680. The van der Waals surface area contributed by atoms with Crippen molar-refractivity contribution in [2.24, 2.45) is 0 Å². The lowest BCUT2D eigenvalue weighted by Gasteiger charge is -2.00. The monoisotopic (exact) mass is 267 g/mol. The Balaban J connectivity index is 3.38. The van der Waals surface area contributed by atoms with E-state index in [9.17, 15) is 14.5 Å². The first kappa shape index (κ1) is 10.4. The number of nitro benzene ring substituents is 1. The van der Waals surface area contributed by atoms with Crippen molar-refractivity contribution in [2.75, 3.05) is 0 Å². The van der Waals surface area contributed by atoms with Crippen LogP contribution in [0.15, 0.2) is 16.6 Å². The molecule has 0 amide bonds. The van der Waals surface area contributed by atoms with E-state index in [1.807, 2.05) is 0 Å². The molecule has 0 spiro atoms. The molecule has 0 fully saturated rings. The van der Waals surface area contributed by atoms with Crippen LogP contribution in [0.25, 0.3) is 0 Å². The summed E-state index contributed by atoms with van der Waals surface area (Å²) < 4.78 is 12.9. The third kappa shape index (κ3) is 2.16. The Morgan fingerprint density at radius 3 is 2.69 bits per heavy atom. The molecule has 0 saturated heterocycles. The molecule has 0 aliphatic heterocycles. The summed E-state index contributed by atoms with van der Waals surface area (Å²) in [7, 11) is 0. The van der Waals surface area contributed by atoms with Crippen LogP contribution in [0.2, 0.25) is 0 Å². The molecule has 0 aliphatic carbocycles. The molecule has 0 unspecified atom stereocenters. The van der Waals surface area contributed by atoms with Gasteiger partial charge in [-0.2, -0.15) is 0 Å². The molecule has 0 aliphatic rings. The minimum atomic E-state index is -0.596. The molecule has 70 valence electrons. The van der Waals surface area contributed by atoms with Gasteiger partial charge in [-0.3, -0.25) is 10.1 Å². The fourth-order valence-electron chi connectivity index (χ4n) is 0.926. The van der Waals surface area contributed by atoms with Crippen LogP contribution in [0.5, 0.6) is 0 Å². The molecule has 13 heavy (non-hydrogen) atoms. The van der Waals surface area contributed by atoms with Crippen molar-refractivity contribution in [3.8, 4) is 0 Å². The lowest BCUT2D eigenvalue weighted by atomic mass is 10.2. The van der Waals surface area contributed by atoms with Crippen LogP contribution < -0.4 is 0 Å². The van der Waals surface area contributed by atoms with E-state index in [-0.39, 0.29) is 21.6 Å². The summed E-state index contributed by atoms with van der Waals surface area (Å²) in [6, 6.07) is 2.09. The second kappa shape index (κ2) is 4.02. The van der Waals surface area contributed by atoms with Gasteiger partial charge in [0, 0.05) is 5.56 Å². The zero-order chi connectivity index (χ0) is 10.0. The molecule has 0 bridgehead atoms. The second-order valence-electron chi connectivity index (χ2n) is 2.29. The maximum atomic E-state index is 12.7. The van der Waals surface area contributed by atoms with Crippen molar-refractivity contribution in [3.63, 3.8) is 0 Å². The topological polar surface area (TPSA) is 43.1 Å². The average molecular weight is 268 g/mol. The molecule has 0 heterocycles. The van der Waals surface area contributed by atoms with E-state index in [1.54, 1.807) is 0 Å². The van der Waals surface area contributed by atoms with Gasteiger partial charge < -0.3 is 0 Å². The Kier molecular flexibility index (Phi) is 3.22. The van der Waals surface area contributed by atoms with Crippen molar-refractivity contribution in [2.45, 2.75) is 5.88 Å². The second-order valence-corrected chi connectivity index (χ2v) is 3.41. The fourth-order valence-corrected chi connectivity index (χ4v) is 1.75. The summed E-state index contributed by atoms with van der Waals surface area (Å²) in [6.45, 7) is 0. The predicted molar refractivity (Wildman–Crippen MR) is 50.3 cm³/mol. The third-order valence-electron chi connectivity index (χ3n) is 1.43. The highest BCUT2D eigenvalue weighted by atomic mass is 79.9. The molecular weight excluding hydrogens is 264 g/mol. The third-order valence-corrected chi connectivity index (χ3v) is 2.33. The summed E-state index contributed by atoms with van der Waals surface area (Å²) in [5.74, 6) is -0.639. The van der Waals surface area contributed by atoms with E-state index in [1.165, 1.54) is 0 Å². The van der Waals surface area contributed by atoms with Gasteiger partial charge in [0.05, 0.1) is 15.3 Å². The fraction of sp³-hybridized carbons (Fsp3) is 0.143. The lowest BCUT2D eigenvalue weighted by Crippen LogP contribution is -1.96. The molecule has 1 aromatic rings. The van der Waals surface area contributed by atoms with Crippen LogP contribution in [0.4, 0.5) is 10.1 Å². The number of hydrogen-bond acceptors (Lipinski definition) is 2. The largest absolute Gasteiger partial charge is 0.288 e. The Morgan fingerprint density at radius 2 is 2.23 bits per heavy atom. The van der Waals surface area contributed by atoms with E-state index in [2.05, 4.69) is 15.9 Å². The Labute approximate surface area is 86.8 Å². The van der Waals surface area contributed by atoms with E-state index >= 15 is 0 Å². The van der Waals surface area contributed by atoms with Crippen molar-refractivity contribution in [1.82, 2.24) is 0 Å². The lowest BCUT2D eigenvalue weighted by molar-refractivity contribution is -0.386. The summed E-state index contributed by atoms with van der Waals surface area (Å²) in [5.41, 5.74) is -0.0186. The van der Waals surface area contributed by atoms with Gasteiger partial charge >= 0.3 is 0 Å². The molecule has 0 saturated carbocycles. The number of nitrogens with zero attached hydrogens (tertiary/aromatic N) is 1. The van der Waals surface area contributed by atoms with Crippen molar-refractivity contribution >= 4 is 33.2 Å². The van der Waals surface area contributed by atoms with Crippen LogP contribution in [-0.4, -0.2) is 4.92 Å². The SMILES string of the molecule is O=[N+]([O-])c1c(Br)cc(F)cc1CCl. The number of rotatable bonds is 2. The first-order valence-corrected chi connectivity index (χ1v) is 4.57. The smallest absolute Gasteiger partial charge is 0.258 e. The molecule has 0 N–H and O–H groups in total. The van der Waals surface area contributed by atoms with Crippen molar-refractivity contribution < 1.29 is 9.31 Å². The number of hydrogen-bond donors (Lipinski definition) is 0. The molecule has 0 radical (unpaired) electrons. The van der Waals surface area contributed by atoms with E-state index in [4.69, 9.17) is 11.6 Å². The van der Waals surface area contributed by atoms with Gasteiger partial charge in [-0.25, -0.2) is 4.39 Å². The Bertz CT molecular complexity index is 359. The predicted octanol–water partition coefficient (Wildman–Crippen LogP) is 3.24. The quantitative estimate of drug-likeness (QED) is 0.469. The maximum Gasteiger partial charge on any atom is 0.288 e. The van der Waals surface area contributed by atoms with Crippen LogP contribution in [0.3, 0.4) is 0 Å². The van der Waals surface area contributed by atoms with E-state index in [0.29, 0.717) is 0 Å². The van der Waals surface area contributed by atoms with Crippen LogP contribution in [0.1, 0.15) is 5.56 Å². The molecular formula is C7H4BrClFNO2. The van der Waals surface area contributed by atoms with Gasteiger partial charge in [0.2, 0.25) is 0 Å². The summed E-state index contributed by atoms with van der Waals surface area (Å²) in [6.07, 6.45) is 0. The van der Waals surface area contributed by atoms with Gasteiger partial charge in [-0.15, -0.1) is 11.6 Å². The van der Waals surface area contributed by atoms with Gasteiger partial charge in [0.1, 0.15) is 5.82 Å². The summed E-state index contributed by atoms with van der Waals surface area (Å²) >= 11 is 8.33. The number of nitro groups is 1. The van der Waals surface area contributed by atoms with Gasteiger partial charge in [0.25, 0.3) is 5.69 Å². The van der Waals surface area contributed by atoms with Crippen LogP contribution in [-0.2, 0) is 5.88 Å². The molecule has 0 aromatic heterocycles. The van der Waals surface area contributed by atoms with Gasteiger partial charge in [-0.05, 0) is 28.1 Å². The highest BCUT2D eigenvalue weighted by molar-refractivity contribution is 9.10. The maximum absolute atomic E-state index is 12.7. The summed E-state index contributed by atoms with van der Waals surface area (Å²) in [4.78, 5) is 9.91. The first-order valence-electron chi connectivity index (χ1n) is 3.24. The van der Waals surface area contributed by atoms with Crippen molar-refractivity contribution in [3.05, 3.63) is 38.1 Å². The number of benzene rings is 1. The minimum absolute atomic E-state index is 0.0906.